The van der Waals surface area contributed by atoms with Gasteiger partial charge < -0.3 is 5.11 Å². The Morgan fingerprint density at radius 3 is 2.54 bits per heavy atom. The first kappa shape index (κ1) is 10.7. The summed E-state index contributed by atoms with van der Waals surface area (Å²) in [6, 6.07) is 4.17. The number of aryl methyl sites for hydroxylation is 2. The molecule has 2 heteroatoms. The van der Waals surface area contributed by atoms with Gasteiger partial charge in [-0.05, 0) is 36.1 Å². The van der Waals surface area contributed by atoms with Crippen molar-refractivity contribution in [2.75, 3.05) is 0 Å². The highest BCUT2D eigenvalue weighted by atomic mass is 79.9. The van der Waals surface area contributed by atoms with E-state index in [0.717, 1.165) is 22.9 Å². The normalized spacial score (nSPS) is 10.5. The summed E-state index contributed by atoms with van der Waals surface area (Å²) in [5.74, 6) is 0. The van der Waals surface area contributed by atoms with Crippen LogP contribution in [0.1, 0.15) is 30.0 Å². The highest BCUT2D eigenvalue weighted by Crippen LogP contribution is 2.22. The lowest BCUT2D eigenvalue weighted by Gasteiger charge is -2.08. The van der Waals surface area contributed by atoms with Crippen molar-refractivity contribution < 1.29 is 5.11 Å². The van der Waals surface area contributed by atoms with Crippen LogP contribution in [0.4, 0.5) is 0 Å². The van der Waals surface area contributed by atoms with Crippen LogP contribution in [0.3, 0.4) is 0 Å². The summed E-state index contributed by atoms with van der Waals surface area (Å²) < 4.78 is 1.01. The van der Waals surface area contributed by atoms with E-state index in [-0.39, 0.29) is 6.61 Å². The first-order valence-electron chi connectivity index (χ1n) is 4.57. The topological polar surface area (TPSA) is 20.2 Å². The molecule has 0 saturated heterocycles. The molecule has 0 amide bonds. The molecule has 0 radical (unpaired) electrons. The van der Waals surface area contributed by atoms with Gasteiger partial charge in [0.2, 0.25) is 0 Å². The molecule has 0 aliphatic heterocycles. The molecule has 0 saturated carbocycles. The summed E-state index contributed by atoms with van der Waals surface area (Å²) in [6.07, 6.45) is 2.24. The molecular weight excluding hydrogens is 228 g/mol. The Hall–Kier alpha value is -0.340. The summed E-state index contributed by atoms with van der Waals surface area (Å²) in [5, 5.41) is 9.07. The minimum atomic E-state index is 0.109. The standard InChI is InChI=1S/C11H15BrO/c1-3-4-9-6-10(7-13)11(12)5-8(9)2/h5-6,13H,3-4,7H2,1-2H3. The summed E-state index contributed by atoms with van der Waals surface area (Å²) in [4.78, 5) is 0. The first-order chi connectivity index (χ1) is 6.19. The number of hydrogen-bond acceptors (Lipinski definition) is 1. The fraction of sp³-hybridized carbons (Fsp3) is 0.455. The highest BCUT2D eigenvalue weighted by molar-refractivity contribution is 9.10. The van der Waals surface area contributed by atoms with E-state index in [2.05, 4.69) is 41.9 Å². The molecule has 0 aromatic heterocycles. The summed E-state index contributed by atoms with van der Waals surface area (Å²) in [7, 11) is 0. The number of aliphatic hydroxyl groups excluding tert-OH is 1. The summed E-state index contributed by atoms with van der Waals surface area (Å²) in [5.41, 5.74) is 3.62. The third-order valence-corrected chi connectivity index (χ3v) is 2.93. The van der Waals surface area contributed by atoms with Crippen LogP contribution in [0, 0.1) is 6.92 Å². The second-order valence-corrected chi connectivity index (χ2v) is 4.13. The van der Waals surface area contributed by atoms with Crippen LogP contribution in [-0.4, -0.2) is 5.11 Å². The molecule has 1 rings (SSSR count). The van der Waals surface area contributed by atoms with Crippen LogP contribution >= 0.6 is 15.9 Å². The van der Waals surface area contributed by atoms with Crippen LogP contribution in [0.2, 0.25) is 0 Å². The van der Waals surface area contributed by atoms with Gasteiger partial charge in [-0.25, -0.2) is 0 Å². The Labute approximate surface area is 87.9 Å². The number of hydrogen-bond donors (Lipinski definition) is 1. The molecule has 13 heavy (non-hydrogen) atoms. The molecule has 0 unspecified atom stereocenters. The predicted molar refractivity (Wildman–Crippen MR) is 58.8 cm³/mol. The van der Waals surface area contributed by atoms with Gasteiger partial charge in [0, 0.05) is 4.47 Å². The number of aliphatic hydroxyl groups is 1. The zero-order valence-corrected chi connectivity index (χ0v) is 9.69. The van der Waals surface area contributed by atoms with E-state index in [1.807, 2.05) is 0 Å². The highest BCUT2D eigenvalue weighted by Gasteiger charge is 2.03. The number of halogens is 1. The molecule has 0 aliphatic rings. The molecular formula is C11H15BrO. The van der Waals surface area contributed by atoms with Gasteiger partial charge in [0.05, 0.1) is 6.61 Å². The van der Waals surface area contributed by atoms with Crippen molar-refractivity contribution >= 4 is 15.9 Å². The minimum Gasteiger partial charge on any atom is -0.392 e. The Morgan fingerprint density at radius 1 is 1.31 bits per heavy atom. The predicted octanol–water partition coefficient (Wildman–Crippen LogP) is 3.20. The monoisotopic (exact) mass is 242 g/mol. The quantitative estimate of drug-likeness (QED) is 0.864. The van der Waals surface area contributed by atoms with Crippen molar-refractivity contribution in [2.45, 2.75) is 33.3 Å². The molecule has 1 aromatic rings. The Kier molecular flexibility index (Phi) is 3.94. The van der Waals surface area contributed by atoms with Crippen molar-refractivity contribution in [3.8, 4) is 0 Å². The molecule has 72 valence electrons. The Bertz CT molecular complexity index is 294. The second-order valence-electron chi connectivity index (χ2n) is 3.28. The maximum atomic E-state index is 9.07. The number of rotatable bonds is 3. The first-order valence-corrected chi connectivity index (χ1v) is 5.37. The maximum Gasteiger partial charge on any atom is 0.0692 e. The zero-order valence-electron chi connectivity index (χ0n) is 8.10. The van der Waals surface area contributed by atoms with Gasteiger partial charge in [-0.2, -0.15) is 0 Å². The molecule has 0 atom stereocenters. The SMILES string of the molecule is CCCc1cc(CO)c(Br)cc1C. The molecule has 0 spiro atoms. The van der Waals surface area contributed by atoms with Gasteiger partial charge in [0.25, 0.3) is 0 Å². The number of benzene rings is 1. The van der Waals surface area contributed by atoms with Crippen molar-refractivity contribution in [1.29, 1.82) is 0 Å². The van der Waals surface area contributed by atoms with Gasteiger partial charge in [0.1, 0.15) is 0 Å². The molecule has 0 fully saturated rings. The van der Waals surface area contributed by atoms with E-state index in [4.69, 9.17) is 5.11 Å². The molecule has 0 bridgehead atoms. The van der Waals surface area contributed by atoms with E-state index >= 15 is 0 Å². The van der Waals surface area contributed by atoms with Crippen molar-refractivity contribution in [3.63, 3.8) is 0 Å². The lowest BCUT2D eigenvalue weighted by Crippen LogP contribution is -1.93. The third-order valence-electron chi connectivity index (χ3n) is 2.19. The lowest BCUT2D eigenvalue weighted by molar-refractivity contribution is 0.281. The van der Waals surface area contributed by atoms with Gasteiger partial charge in [-0.1, -0.05) is 35.3 Å². The van der Waals surface area contributed by atoms with E-state index in [9.17, 15) is 0 Å². The second kappa shape index (κ2) is 4.77. The summed E-state index contributed by atoms with van der Waals surface area (Å²) >= 11 is 3.43. The molecule has 1 N–H and O–H groups in total. The van der Waals surface area contributed by atoms with E-state index in [1.165, 1.54) is 11.1 Å². The smallest absolute Gasteiger partial charge is 0.0692 e. The van der Waals surface area contributed by atoms with E-state index < -0.39 is 0 Å². The maximum absolute atomic E-state index is 9.07. The molecule has 0 aliphatic carbocycles. The lowest BCUT2D eigenvalue weighted by atomic mass is 10.0. The Balaban J connectivity index is 3.06. The minimum absolute atomic E-state index is 0.109. The van der Waals surface area contributed by atoms with Crippen LogP contribution in [-0.2, 0) is 13.0 Å². The average Bonchev–Trinajstić information content (AvgIpc) is 2.10. The van der Waals surface area contributed by atoms with Gasteiger partial charge in [-0.15, -0.1) is 0 Å². The van der Waals surface area contributed by atoms with Crippen LogP contribution in [0.25, 0.3) is 0 Å². The van der Waals surface area contributed by atoms with Crippen molar-refractivity contribution in [1.82, 2.24) is 0 Å². The molecule has 0 heterocycles. The van der Waals surface area contributed by atoms with Gasteiger partial charge in [-0.3, -0.25) is 0 Å². The van der Waals surface area contributed by atoms with Crippen LogP contribution in [0.15, 0.2) is 16.6 Å². The largest absolute Gasteiger partial charge is 0.392 e. The molecule has 1 aromatic carbocycles. The van der Waals surface area contributed by atoms with Crippen molar-refractivity contribution in [3.05, 3.63) is 33.3 Å². The van der Waals surface area contributed by atoms with Crippen LogP contribution in [0.5, 0.6) is 0 Å². The third kappa shape index (κ3) is 2.55. The van der Waals surface area contributed by atoms with E-state index in [1.54, 1.807) is 0 Å². The average molecular weight is 243 g/mol. The molecule has 1 nitrogen and oxygen atoms in total. The fourth-order valence-corrected chi connectivity index (χ4v) is 2.01. The van der Waals surface area contributed by atoms with Crippen molar-refractivity contribution in [2.24, 2.45) is 0 Å². The Morgan fingerprint density at radius 2 is 2.00 bits per heavy atom. The van der Waals surface area contributed by atoms with Crippen LogP contribution < -0.4 is 0 Å². The fourth-order valence-electron chi connectivity index (χ4n) is 1.43. The van der Waals surface area contributed by atoms with Gasteiger partial charge in [0.15, 0.2) is 0 Å². The van der Waals surface area contributed by atoms with E-state index in [0.29, 0.717) is 0 Å². The summed E-state index contributed by atoms with van der Waals surface area (Å²) in [6.45, 7) is 4.38. The van der Waals surface area contributed by atoms with Gasteiger partial charge >= 0.3 is 0 Å². The zero-order chi connectivity index (χ0) is 9.84.